The summed E-state index contributed by atoms with van der Waals surface area (Å²) in [5.41, 5.74) is 2.48. The number of nitrogens with one attached hydrogen (secondary N) is 4. The fourth-order valence-electron chi connectivity index (χ4n) is 6.28. The Bertz CT molecular complexity index is 1640. The predicted octanol–water partition coefficient (Wildman–Crippen LogP) is 3.39. The van der Waals surface area contributed by atoms with Crippen LogP contribution in [0.2, 0.25) is 0 Å². The highest BCUT2D eigenvalue weighted by atomic mass is 16.5. The standard InChI is InChI=1S/C41H53N5O8/c1-4-54-41(52)43-33(25-30-16-10-6-11-17-30)35(47)27-32(24-29-14-8-5-9-15-29)37(48)44-36(28(2)3)39(50)42-34(26-31-18-12-7-13-19-31)38(49)45-40(51)46-20-22-53-23-21-46/h5-19,28,32-36,47H,4,20-27H2,1-3H3,(H,42,50)(H,43,52)(H,44,48)(H,45,49,51). The van der Waals surface area contributed by atoms with Crippen LogP contribution in [-0.2, 0) is 43.1 Å². The van der Waals surface area contributed by atoms with E-state index >= 15 is 0 Å². The van der Waals surface area contributed by atoms with E-state index in [4.69, 9.17) is 9.47 Å². The highest BCUT2D eigenvalue weighted by molar-refractivity contribution is 5.99. The highest BCUT2D eigenvalue weighted by Gasteiger charge is 2.34. The van der Waals surface area contributed by atoms with Gasteiger partial charge >= 0.3 is 12.1 Å². The number of carbonyl (C=O) groups excluding carboxylic acids is 5. The van der Waals surface area contributed by atoms with Crippen LogP contribution in [0.25, 0.3) is 0 Å². The van der Waals surface area contributed by atoms with Gasteiger partial charge in [0.05, 0.1) is 32.0 Å². The van der Waals surface area contributed by atoms with E-state index in [1.54, 1.807) is 20.8 Å². The van der Waals surface area contributed by atoms with Crippen molar-refractivity contribution < 1.29 is 38.6 Å². The average Bonchev–Trinajstić information content (AvgIpc) is 3.17. The van der Waals surface area contributed by atoms with E-state index in [2.05, 4.69) is 21.3 Å². The average molecular weight is 744 g/mol. The van der Waals surface area contributed by atoms with E-state index < -0.39 is 65.9 Å². The molecule has 5 atom stereocenters. The molecular formula is C41H53N5O8. The molecule has 0 aliphatic carbocycles. The molecule has 1 heterocycles. The Morgan fingerprint density at radius 2 is 1.26 bits per heavy atom. The topological polar surface area (TPSA) is 175 Å². The quantitative estimate of drug-likeness (QED) is 0.140. The van der Waals surface area contributed by atoms with Gasteiger partial charge in [-0.25, -0.2) is 9.59 Å². The third-order valence-corrected chi connectivity index (χ3v) is 9.25. The molecular weight excluding hydrogens is 690 g/mol. The van der Waals surface area contributed by atoms with Crippen LogP contribution in [0.5, 0.6) is 0 Å². The van der Waals surface area contributed by atoms with Crippen LogP contribution in [-0.4, -0.2) is 97.0 Å². The normalized spacial score (nSPS) is 15.5. The lowest BCUT2D eigenvalue weighted by molar-refractivity contribution is -0.134. The van der Waals surface area contributed by atoms with Gasteiger partial charge in [-0.1, -0.05) is 105 Å². The first-order valence-corrected chi connectivity index (χ1v) is 18.5. The second kappa shape index (κ2) is 21.4. The molecule has 54 heavy (non-hydrogen) atoms. The molecule has 5 unspecified atom stereocenters. The summed E-state index contributed by atoms with van der Waals surface area (Å²) in [5.74, 6) is -2.97. The molecule has 0 radical (unpaired) electrons. The zero-order valence-electron chi connectivity index (χ0n) is 31.2. The summed E-state index contributed by atoms with van der Waals surface area (Å²) in [6.07, 6.45) is -1.25. The van der Waals surface area contributed by atoms with Gasteiger partial charge in [-0.2, -0.15) is 0 Å². The molecule has 0 aromatic heterocycles. The molecule has 3 aromatic carbocycles. The zero-order valence-corrected chi connectivity index (χ0v) is 31.2. The van der Waals surface area contributed by atoms with Gasteiger partial charge in [-0.15, -0.1) is 0 Å². The maximum Gasteiger partial charge on any atom is 0.407 e. The third kappa shape index (κ3) is 13.3. The first-order chi connectivity index (χ1) is 26.0. The summed E-state index contributed by atoms with van der Waals surface area (Å²) in [6.45, 7) is 6.78. The summed E-state index contributed by atoms with van der Waals surface area (Å²) in [5, 5.41) is 22.5. The molecule has 0 saturated carbocycles. The lowest BCUT2D eigenvalue weighted by atomic mass is 9.88. The molecule has 1 aliphatic heterocycles. The third-order valence-electron chi connectivity index (χ3n) is 9.25. The molecule has 1 fully saturated rings. The van der Waals surface area contributed by atoms with Gasteiger partial charge in [0.15, 0.2) is 0 Å². The minimum Gasteiger partial charge on any atom is -0.450 e. The lowest BCUT2D eigenvalue weighted by Crippen LogP contribution is -2.58. The Morgan fingerprint density at radius 3 is 1.80 bits per heavy atom. The first-order valence-electron chi connectivity index (χ1n) is 18.5. The number of nitrogens with zero attached hydrogens (tertiary/aromatic N) is 1. The fraction of sp³-hybridized carbons (Fsp3) is 0.439. The number of urea groups is 1. The zero-order chi connectivity index (χ0) is 38.9. The summed E-state index contributed by atoms with van der Waals surface area (Å²) >= 11 is 0. The number of morpholine rings is 1. The smallest absolute Gasteiger partial charge is 0.407 e. The minimum atomic E-state index is -1.16. The lowest BCUT2D eigenvalue weighted by Gasteiger charge is -2.30. The van der Waals surface area contributed by atoms with Crippen LogP contribution in [0.1, 0.15) is 43.9 Å². The molecule has 0 spiro atoms. The predicted molar refractivity (Wildman–Crippen MR) is 203 cm³/mol. The Hall–Kier alpha value is -5.27. The monoisotopic (exact) mass is 743 g/mol. The fourth-order valence-corrected chi connectivity index (χ4v) is 6.28. The van der Waals surface area contributed by atoms with Crippen molar-refractivity contribution in [1.29, 1.82) is 0 Å². The molecule has 5 N–H and O–H groups in total. The van der Waals surface area contributed by atoms with Crippen molar-refractivity contribution in [1.82, 2.24) is 26.2 Å². The van der Waals surface area contributed by atoms with Crippen LogP contribution in [0.4, 0.5) is 9.59 Å². The maximum absolute atomic E-state index is 14.2. The van der Waals surface area contributed by atoms with E-state index in [0.717, 1.165) is 16.7 Å². The number of aliphatic hydroxyl groups excluding tert-OH is 1. The molecule has 13 nitrogen and oxygen atoms in total. The maximum atomic E-state index is 14.2. The van der Waals surface area contributed by atoms with Crippen LogP contribution in [0.15, 0.2) is 91.0 Å². The largest absolute Gasteiger partial charge is 0.450 e. The van der Waals surface area contributed by atoms with E-state index in [1.165, 1.54) is 4.90 Å². The summed E-state index contributed by atoms with van der Waals surface area (Å²) in [6, 6.07) is 24.3. The van der Waals surface area contributed by atoms with E-state index in [9.17, 15) is 29.1 Å². The SMILES string of the molecule is CCOC(=O)NC(Cc1ccccc1)C(O)CC(Cc1ccccc1)C(=O)NC(C(=O)NC(Cc1ccccc1)C(=O)NC(=O)N1CCOCC1)C(C)C. The number of hydrogen-bond donors (Lipinski definition) is 5. The second-order valence-corrected chi connectivity index (χ2v) is 13.7. The van der Waals surface area contributed by atoms with Gasteiger partial charge in [-0.3, -0.25) is 19.7 Å². The Labute approximate surface area is 317 Å². The number of alkyl carbamates (subject to hydrolysis) is 1. The number of imide groups is 1. The van der Waals surface area contributed by atoms with Gasteiger partial charge in [0, 0.05) is 25.4 Å². The van der Waals surface area contributed by atoms with Crippen LogP contribution < -0.4 is 21.3 Å². The summed E-state index contributed by atoms with van der Waals surface area (Å²) in [4.78, 5) is 68.6. The number of rotatable bonds is 17. The molecule has 13 heteroatoms. The molecule has 0 bridgehead atoms. The van der Waals surface area contributed by atoms with Gasteiger partial charge in [0.1, 0.15) is 12.1 Å². The van der Waals surface area contributed by atoms with Crippen molar-refractivity contribution in [2.75, 3.05) is 32.9 Å². The van der Waals surface area contributed by atoms with Gasteiger partial charge in [-0.05, 0) is 48.8 Å². The number of aliphatic hydroxyl groups is 1. The van der Waals surface area contributed by atoms with Crippen molar-refractivity contribution >= 4 is 29.8 Å². The van der Waals surface area contributed by atoms with Crippen molar-refractivity contribution in [2.45, 2.75) is 70.7 Å². The molecule has 4 rings (SSSR count). The Balaban J connectivity index is 1.53. The number of ether oxygens (including phenoxy) is 2. The van der Waals surface area contributed by atoms with Crippen molar-refractivity contribution in [3.8, 4) is 0 Å². The van der Waals surface area contributed by atoms with E-state index in [1.807, 2.05) is 91.0 Å². The van der Waals surface area contributed by atoms with E-state index in [0.29, 0.717) is 26.3 Å². The molecule has 6 amide bonds. The second-order valence-electron chi connectivity index (χ2n) is 13.7. The van der Waals surface area contributed by atoms with Gasteiger partial charge in [0.25, 0.3) is 5.91 Å². The first kappa shape index (κ1) is 41.5. The Kier molecular flexibility index (Phi) is 16.5. The minimum absolute atomic E-state index is 0.0419. The molecule has 1 saturated heterocycles. The van der Waals surface area contributed by atoms with Crippen LogP contribution in [0.3, 0.4) is 0 Å². The molecule has 290 valence electrons. The van der Waals surface area contributed by atoms with Crippen molar-refractivity contribution in [2.24, 2.45) is 11.8 Å². The Morgan fingerprint density at radius 1 is 0.722 bits per heavy atom. The van der Waals surface area contributed by atoms with Crippen molar-refractivity contribution in [3.05, 3.63) is 108 Å². The summed E-state index contributed by atoms with van der Waals surface area (Å²) in [7, 11) is 0. The van der Waals surface area contributed by atoms with Crippen molar-refractivity contribution in [3.63, 3.8) is 0 Å². The van der Waals surface area contributed by atoms with Crippen LogP contribution in [0, 0.1) is 11.8 Å². The number of benzene rings is 3. The highest BCUT2D eigenvalue weighted by Crippen LogP contribution is 2.20. The number of amides is 6. The van der Waals surface area contributed by atoms with Gasteiger partial charge < -0.3 is 35.4 Å². The number of hydrogen-bond acceptors (Lipinski definition) is 8. The van der Waals surface area contributed by atoms with E-state index in [-0.39, 0.29) is 32.3 Å². The molecule has 1 aliphatic rings. The summed E-state index contributed by atoms with van der Waals surface area (Å²) < 4.78 is 10.4. The molecule has 3 aromatic rings. The van der Waals surface area contributed by atoms with Gasteiger partial charge in [0.2, 0.25) is 11.8 Å². The number of carbonyl (C=O) groups is 5. The van der Waals surface area contributed by atoms with Crippen LogP contribution >= 0.6 is 0 Å².